The highest BCUT2D eigenvalue weighted by Crippen LogP contribution is 2.51. The van der Waals surface area contributed by atoms with Gasteiger partial charge in [0.25, 0.3) is 5.91 Å². The van der Waals surface area contributed by atoms with Crippen molar-refractivity contribution >= 4 is 18.0 Å². The number of carbonyl (C=O) groups excluding carboxylic acids is 2. The van der Waals surface area contributed by atoms with Crippen molar-refractivity contribution in [3.05, 3.63) is 59.7 Å². The third-order valence-corrected chi connectivity index (χ3v) is 6.63. The molecule has 162 valence electrons. The Kier molecular flexibility index (Phi) is 5.06. The average molecular weight is 430 g/mol. The predicted molar refractivity (Wildman–Crippen MR) is 116 cm³/mol. The number of hydrogen-bond donors (Lipinski definition) is 2. The Labute approximate surface area is 185 Å². The van der Waals surface area contributed by atoms with Gasteiger partial charge in [0.1, 0.15) is 6.61 Å². The van der Waals surface area contributed by atoms with Crippen molar-refractivity contribution in [3.63, 3.8) is 0 Å². The number of ether oxygens (including phenoxy) is 1. The predicted octanol–water partition coefficient (Wildman–Crippen LogP) is 2.32. The van der Waals surface area contributed by atoms with Gasteiger partial charge in [0.05, 0.1) is 12.5 Å². The van der Waals surface area contributed by atoms with E-state index >= 15 is 0 Å². The van der Waals surface area contributed by atoms with E-state index in [9.17, 15) is 14.4 Å². The largest absolute Gasteiger partial charge is 0.481 e. The maximum absolute atomic E-state index is 12.1. The summed E-state index contributed by atoms with van der Waals surface area (Å²) in [6.07, 6.45) is -0.583. The zero-order valence-corrected chi connectivity index (χ0v) is 17.3. The quantitative estimate of drug-likeness (QED) is 0.726. The number of aliphatic carboxylic acids is 1. The van der Waals surface area contributed by atoms with Crippen LogP contribution >= 0.6 is 0 Å². The number of likely N-dealkylation sites (tertiary alicyclic amines) is 1. The van der Waals surface area contributed by atoms with Gasteiger partial charge in [-0.2, -0.15) is 0 Å². The zero-order valence-electron chi connectivity index (χ0n) is 17.3. The molecule has 7 nitrogen and oxygen atoms in total. The summed E-state index contributed by atoms with van der Waals surface area (Å²) in [4.78, 5) is 36.8. The number of fused-ring (bicyclic) bond motifs is 4. The molecular weight excluding hydrogens is 408 g/mol. The molecule has 1 saturated heterocycles. The van der Waals surface area contributed by atoms with Gasteiger partial charge in [0.15, 0.2) is 0 Å². The number of carboxylic acid groups (broad SMARTS) is 1. The van der Waals surface area contributed by atoms with Gasteiger partial charge in [0, 0.05) is 19.0 Å². The molecule has 2 aromatic carbocycles. The molecule has 2 unspecified atom stereocenters. The molecule has 2 amide bonds. The van der Waals surface area contributed by atoms with Crippen LogP contribution in [0.2, 0.25) is 0 Å². The normalized spacial score (nSPS) is 22.1. The number of amides is 2. The molecule has 1 saturated carbocycles. The second-order valence-electron chi connectivity index (χ2n) is 8.38. The van der Waals surface area contributed by atoms with Gasteiger partial charge in [-0.05, 0) is 40.0 Å². The standard InChI is InChI=1S/C25H22N2O5/c28-22(27-12-19-20(13-27)23(19)24(29)30)10-5-11-26-25(31)32-14-21-17-8-3-1-6-15(17)16-7-2-4-9-18(16)21/h1-4,6-9,19-21,23H,11-14H2,(H,26,31)(H,29,30). The van der Waals surface area contributed by atoms with Crippen molar-refractivity contribution in [2.75, 3.05) is 26.2 Å². The summed E-state index contributed by atoms with van der Waals surface area (Å²) in [5, 5.41) is 11.6. The van der Waals surface area contributed by atoms with Crippen LogP contribution < -0.4 is 5.32 Å². The van der Waals surface area contributed by atoms with Crippen LogP contribution in [0.25, 0.3) is 11.1 Å². The molecular formula is C25H22N2O5. The van der Waals surface area contributed by atoms with Crippen LogP contribution in [0.5, 0.6) is 0 Å². The lowest BCUT2D eigenvalue weighted by Crippen LogP contribution is -2.31. The Morgan fingerprint density at radius 1 is 1.00 bits per heavy atom. The van der Waals surface area contributed by atoms with Crippen LogP contribution in [0, 0.1) is 29.6 Å². The van der Waals surface area contributed by atoms with Gasteiger partial charge >= 0.3 is 12.1 Å². The fraction of sp³-hybridized carbons (Fsp3) is 0.320. The molecule has 0 aromatic heterocycles. The molecule has 2 fully saturated rings. The SMILES string of the molecule is O=C(NCC#CC(=O)N1CC2C(C1)C2C(=O)O)OCC1c2ccccc2-c2ccccc21. The summed E-state index contributed by atoms with van der Waals surface area (Å²) in [7, 11) is 0. The van der Waals surface area contributed by atoms with Gasteiger partial charge in [-0.15, -0.1) is 0 Å². The van der Waals surface area contributed by atoms with E-state index in [1.165, 1.54) is 0 Å². The van der Waals surface area contributed by atoms with E-state index in [4.69, 9.17) is 9.84 Å². The first-order chi connectivity index (χ1) is 15.5. The van der Waals surface area contributed by atoms with Crippen molar-refractivity contribution in [1.82, 2.24) is 10.2 Å². The Morgan fingerprint density at radius 3 is 2.19 bits per heavy atom. The van der Waals surface area contributed by atoms with Gasteiger partial charge in [-0.3, -0.25) is 9.59 Å². The monoisotopic (exact) mass is 430 g/mol. The lowest BCUT2D eigenvalue weighted by molar-refractivity contribution is -0.140. The molecule has 3 aliphatic rings. The number of piperidine rings is 1. The molecule has 0 spiro atoms. The number of carboxylic acids is 1. The van der Waals surface area contributed by atoms with Gasteiger partial charge < -0.3 is 20.1 Å². The summed E-state index contributed by atoms with van der Waals surface area (Å²) in [5.41, 5.74) is 4.60. The number of rotatable bonds is 4. The summed E-state index contributed by atoms with van der Waals surface area (Å²) >= 11 is 0. The topological polar surface area (TPSA) is 95.9 Å². The number of carbonyl (C=O) groups is 3. The lowest BCUT2D eigenvalue weighted by atomic mass is 9.98. The first-order valence-electron chi connectivity index (χ1n) is 10.6. The van der Waals surface area contributed by atoms with Gasteiger partial charge in [-0.1, -0.05) is 54.5 Å². The first kappa shape index (κ1) is 20.1. The third kappa shape index (κ3) is 3.58. The van der Waals surface area contributed by atoms with E-state index in [1.807, 2.05) is 24.3 Å². The minimum Gasteiger partial charge on any atom is -0.481 e. The van der Waals surface area contributed by atoms with E-state index in [2.05, 4.69) is 41.4 Å². The Bertz CT molecular complexity index is 1110. The molecule has 0 radical (unpaired) electrons. The van der Waals surface area contributed by atoms with Crippen molar-refractivity contribution in [3.8, 4) is 23.0 Å². The van der Waals surface area contributed by atoms with E-state index in [0.717, 1.165) is 22.3 Å². The van der Waals surface area contributed by atoms with Crippen LogP contribution in [0.4, 0.5) is 4.79 Å². The van der Waals surface area contributed by atoms with E-state index in [-0.39, 0.29) is 42.7 Å². The molecule has 2 atom stereocenters. The second-order valence-corrected chi connectivity index (χ2v) is 8.38. The highest BCUT2D eigenvalue weighted by atomic mass is 16.5. The van der Waals surface area contributed by atoms with Crippen LogP contribution in [-0.2, 0) is 14.3 Å². The summed E-state index contributed by atoms with van der Waals surface area (Å²) in [6, 6.07) is 16.2. The van der Waals surface area contributed by atoms with Crippen molar-refractivity contribution in [1.29, 1.82) is 0 Å². The molecule has 7 heteroatoms. The fourth-order valence-electron chi connectivity index (χ4n) is 5.02. The number of hydrogen-bond acceptors (Lipinski definition) is 4. The number of alkyl carbamates (subject to hydrolysis) is 1. The molecule has 0 bridgehead atoms. The lowest BCUT2D eigenvalue weighted by Gasteiger charge is -2.15. The van der Waals surface area contributed by atoms with Crippen LogP contribution in [0.3, 0.4) is 0 Å². The molecule has 1 heterocycles. The highest BCUT2D eigenvalue weighted by molar-refractivity contribution is 5.94. The second kappa shape index (κ2) is 8.04. The Balaban J connectivity index is 1.10. The molecule has 2 aliphatic carbocycles. The van der Waals surface area contributed by atoms with Gasteiger partial charge in [0.2, 0.25) is 0 Å². The average Bonchev–Trinajstić information content (AvgIpc) is 3.15. The van der Waals surface area contributed by atoms with Crippen molar-refractivity contribution < 1.29 is 24.2 Å². The first-order valence-corrected chi connectivity index (χ1v) is 10.6. The molecule has 32 heavy (non-hydrogen) atoms. The smallest absolute Gasteiger partial charge is 0.407 e. The van der Waals surface area contributed by atoms with E-state index < -0.39 is 12.1 Å². The maximum Gasteiger partial charge on any atom is 0.407 e. The Morgan fingerprint density at radius 2 is 1.59 bits per heavy atom. The van der Waals surface area contributed by atoms with Crippen molar-refractivity contribution in [2.45, 2.75) is 5.92 Å². The number of nitrogens with one attached hydrogen (secondary N) is 1. The van der Waals surface area contributed by atoms with E-state index in [0.29, 0.717) is 13.1 Å². The van der Waals surface area contributed by atoms with Crippen LogP contribution in [-0.4, -0.2) is 54.2 Å². The third-order valence-electron chi connectivity index (χ3n) is 6.63. The fourth-order valence-corrected chi connectivity index (χ4v) is 5.02. The van der Waals surface area contributed by atoms with E-state index in [1.54, 1.807) is 4.90 Å². The minimum absolute atomic E-state index is 0.000855. The molecule has 1 aliphatic heterocycles. The number of nitrogens with zero attached hydrogens (tertiary/aromatic N) is 1. The van der Waals surface area contributed by atoms with Crippen LogP contribution in [0.1, 0.15) is 17.0 Å². The molecule has 5 rings (SSSR count). The summed E-state index contributed by atoms with van der Waals surface area (Å²) in [6.45, 7) is 1.10. The highest BCUT2D eigenvalue weighted by Gasteiger charge is 2.60. The Hall–Kier alpha value is -3.79. The zero-order chi connectivity index (χ0) is 22.2. The number of benzene rings is 2. The summed E-state index contributed by atoms with van der Waals surface area (Å²) in [5.74, 6) is 3.80. The van der Waals surface area contributed by atoms with Crippen LogP contribution in [0.15, 0.2) is 48.5 Å². The molecule has 2 N–H and O–H groups in total. The maximum atomic E-state index is 12.1. The minimum atomic E-state index is -0.787. The summed E-state index contributed by atoms with van der Waals surface area (Å²) < 4.78 is 5.43. The van der Waals surface area contributed by atoms with Gasteiger partial charge in [-0.25, -0.2) is 4.79 Å². The molecule has 2 aromatic rings. The van der Waals surface area contributed by atoms with Crippen molar-refractivity contribution in [2.24, 2.45) is 17.8 Å².